The van der Waals surface area contributed by atoms with Crippen LogP contribution in [0.5, 0.6) is 0 Å². The van der Waals surface area contributed by atoms with E-state index in [1.807, 2.05) is 61.5 Å². The third-order valence-corrected chi connectivity index (χ3v) is 13.8. The average Bonchev–Trinajstić information content (AvgIpc) is 3.63. The van der Waals surface area contributed by atoms with E-state index < -0.39 is 27.3 Å². The third-order valence-electron chi connectivity index (χ3n) is 10.4. The molecule has 56 heavy (non-hydrogen) atoms. The number of carbonyl (C=O) groups is 1. The molecule has 310 valence electrons. The van der Waals surface area contributed by atoms with Crippen LogP contribution in [0.2, 0.25) is 51.4 Å². The number of fused-ring (bicyclic) bond motifs is 3. The van der Waals surface area contributed by atoms with Crippen LogP contribution in [0, 0.1) is 0 Å². The van der Waals surface area contributed by atoms with Gasteiger partial charge in [0, 0.05) is 70.3 Å². The number of ether oxygens (including phenoxy) is 4. The van der Waals surface area contributed by atoms with Crippen molar-refractivity contribution >= 4 is 39.8 Å². The molecule has 2 aliphatic rings. The number of amides is 1. The van der Waals surface area contributed by atoms with Gasteiger partial charge in [0.2, 0.25) is 0 Å². The molecule has 2 bridgehead atoms. The first-order valence-electron chi connectivity index (χ1n) is 20.5. The molecule has 1 amide bonds. The van der Waals surface area contributed by atoms with E-state index in [0.717, 1.165) is 66.0 Å². The van der Waals surface area contributed by atoms with Crippen LogP contribution >= 0.6 is 0 Å². The Labute approximate surface area is 337 Å². The second kappa shape index (κ2) is 17.7. The van der Waals surface area contributed by atoms with Crippen molar-refractivity contribution in [1.82, 2.24) is 24.5 Å². The Morgan fingerprint density at radius 3 is 2.05 bits per heavy atom. The number of hydrogen-bond acceptors (Lipinski definition) is 10. The maximum atomic E-state index is 13.5. The van der Waals surface area contributed by atoms with E-state index in [-0.39, 0.29) is 24.1 Å². The van der Waals surface area contributed by atoms with Gasteiger partial charge in [0.25, 0.3) is 0 Å². The summed E-state index contributed by atoms with van der Waals surface area (Å²) in [5, 5.41) is 15.6. The minimum Gasteiger partial charge on any atom is -0.501 e. The zero-order valence-electron chi connectivity index (χ0n) is 36.1. The maximum Gasteiger partial charge on any atom is 0.410 e. The molecule has 5 heterocycles. The Morgan fingerprint density at radius 2 is 1.55 bits per heavy atom. The Balaban J connectivity index is 1.66. The molecule has 0 unspecified atom stereocenters. The molecule has 2 aliphatic heterocycles. The number of aliphatic hydroxyl groups is 1. The predicted octanol–water partition coefficient (Wildman–Crippen LogP) is 9.10. The molecule has 14 heteroatoms. The van der Waals surface area contributed by atoms with E-state index in [1.165, 1.54) is 0 Å². The molecule has 2 fully saturated rings. The quantitative estimate of drug-likeness (QED) is 0.0612. The van der Waals surface area contributed by atoms with Crippen LogP contribution < -0.4 is 4.90 Å². The molecule has 12 nitrogen and oxygen atoms in total. The van der Waals surface area contributed by atoms with Crippen molar-refractivity contribution in [2.45, 2.75) is 148 Å². The Bertz CT molecular complexity index is 1770. The molecule has 0 spiro atoms. The zero-order chi connectivity index (χ0) is 41.1. The first-order valence-corrected chi connectivity index (χ1v) is 27.9. The highest BCUT2D eigenvalue weighted by Crippen LogP contribution is 2.46. The van der Waals surface area contributed by atoms with Crippen LogP contribution in [0.1, 0.15) is 90.1 Å². The summed E-state index contributed by atoms with van der Waals surface area (Å²) in [4.78, 5) is 27.8. The number of aromatic nitrogens is 4. The minimum atomic E-state index is -1.34. The molecule has 2 saturated heterocycles. The van der Waals surface area contributed by atoms with Crippen LogP contribution in [0.3, 0.4) is 0 Å². The second-order valence-electron chi connectivity index (χ2n) is 19.5. The van der Waals surface area contributed by atoms with Crippen LogP contribution in [-0.2, 0) is 24.5 Å². The normalized spacial score (nSPS) is 19.3. The molecular formula is C42H68N6O6Si2. The molecule has 0 aromatic carbocycles. The van der Waals surface area contributed by atoms with E-state index in [1.54, 1.807) is 26.3 Å². The lowest BCUT2D eigenvalue weighted by molar-refractivity contribution is 0.00567. The topological polar surface area (TPSA) is 124 Å². The number of rotatable bonds is 17. The summed E-state index contributed by atoms with van der Waals surface area (Å²) in [5.74, 6) is 0.869. The van der Waals surface area contributed by atoms with E-state index >= 15 is 0 Å². The van der Waals surface area contributed by atoms with Crippen molar-refractivity contribution in [3.63, 3.8) is 0 Å². The summed E-state index contributed by atoms with van der Waals surface area (Å²) in [6.45, 7) is 27.8. The van der Waals surface area contributed by atoms with Crippen LogP contribution in [0.25, 0.3) is 22.9 Å². The van der Waals surface area contributed by atoms with Crippen molar-refractivity contribution in [3.05, 3.63) is 47.7 Å². The summed E-state index contributed by atoms with van der Waals surface area (Å²) in [7, 11) is -2.67. The standard InChI is InChI=1S/C42H68N6O6Si2/c1-13-51-19-18-34-37(31-24-32-15-16-33(25-31)47(32)40(49)54-41(2,3)4)45-38-35(30-14-17-36(43-26-30)42(5,6)50)27-44-48(38)39(34)46(28-52-20-22-55(7,8)9)29-53-21-23-56(10,11)12/h14,17-19,26-27,31-33,50H,13,15-16,20-25,28-29H2,1-12H3/b19-18+/t31-,32+,33-. The Hall–Kier alpha value is -3.31. The predicted molar refractivity (Wildman–Crippen MR) is 229 cm³/mol. The minimum absolute atomic E-state index is 0.0488. The number of anilines is 1. The van der Waals surface area contributed by atoms with Gasteiger partial charge in [-0.15, -0.1) is 0 Å². The second-order valence-corrected chi connectivity index (χ2v) is 30.7. The molecule has 0 saturated carbocycles. The van der Waals surface area contributed by atoms with Gasteiger partial charge in [-0.1, -0.05) is 45.3 Å². The lowest BCUT2D eigenvalue weighted by Crippen LogP contribution is -2.48. The van der Waals surface area contributed by atoms with E-state index in [4.69, 9.17) is 29.0 Å². The smallest absolute Gasteiger partial charge is 0.410 e. The first kappa shape index (κ1) is 43.8. The van der Waals surface area contributed by atoms with E-state index in [2.05, 4.69) is 49.2 Å². The SMILES string of the molecule is CCO/C=C/c1c([C@H]2C[C@H]3CC[C@@H](C2)N3C(=O)OC(C)(C)C)nc2c(-c3ccc(C(C)(C)O)nc3)cnn2c1N(COCC[Si](C)(C)C)COCC[Si](C)(C)C. The lowest BCUT2D eigenvalue weighted by atomic mass is 9.86. The molecule has 0 aliphatic carbocycles. The molecule has 3 atom stereocenters. The zero-order valence-corrected chi connectivity index (χ0v) is 38.1. The van der Waals surface area contributed by atoms with Crippen molar-refractivity contribution in [2.24, 2.45) is 0 Å². The fourth-order valence-corrected chi connectivity index (χ4v) is 8.91. The Morgan fingerprint density at radius 1 is 0.946 bits per heavy atom. The summed E-state index contributed by atoms with van der Waals surface area (Å²) >= 11 is 0. The summed E-state index contributed by atoms with van der Waals surface area (Å²) in [6, 6.07) is 6.01. The number of pyridine rings is 1. The van der Waals surface area contributed by atoms with Gasteiger partial charge >= 0.3 is 6.09 Å². The van der Waals surface area contributed by atoms with Crippen molar-refractivity contribution < 1.29 is 28.8 Å². The van der Waals surface area contributed by atoms with Crippen LogP contribution in [0.4, 0.5) is 10.6 Å². The summed E-state index contributed by atoms with van der Waals surface area (Å²) < 4.78 is 26.6. The number of piperidine rings is 1. The van der Waals surface area contributed by atoms with Gasteiger partial charge in [-0.2, -0.15) is 9.61 Å². The average molecular weight is 809 g/mol. The van der Waals surface area contributed by atoms with Crippen molar-refractivity contribution in [1.29, 1.82) is 0 Å². The fourth-order valence-electron chi connectivity index (χ4n) is 7.39. The van der Waals surface area contributed by atoms with Gasteiger partial charge < -0.3 is 33.9 Å². The largest absolute Gasteiger partial charge is 0.501 e. The Kier molecular flexibility index (Phi) is 13.8. The van der Waals surface area contributed by atoms with E-state index in [0.29, 0.717) is 44.6 Å². The highest BCUT2D eigenvalue weighted by atomic mass is 28.3. The van der Waals surface area contributed by atoms with E-state index in [9.17, 15) is 9.90 Å². The molecule has 3 aromatic heterocycles. The monoisotopic (exact) mass is 808 g/mol. The third kappa shape index (κ3) is 11.4. The molecule has 0 radical (unpaired) electrons. The fraction of sp³-hybridized carbons (Fsp3) is 0.667. The van der Waals surface area contributed by atoms with Crippen LogP contribution in [-0.4, -0.2) is 103 Å². The summed E-state index contributed by atoms with van der Waals surface area (Å²) in [6.07, 6.45) is 10.5. The first-order chi connectivity index (χ1) is 26.1. The molecule has 3 aromatic rings. The van der Waals surface area contributed by atoms with Gasteiger partial charge in [0.05, 0.1) is 30.5 Å². The molecule has 5 rings (SSSR count). The lowest BCUT2D eigenvalue weighted by Gasteiger charge is -2.40. The highest BCUT2D eigenvalue weighted by molar-refractivity contribution is 6.76. The van der Waals surface area contributed by atoms with Crippen LogP contribution in [0.15, 0.2) is 30.8 Å². The van der Waals surface area contributed by atoms with Gasteiger partial charge in [-0.3, -0.25) is 4.98 Å². The summed E-state index contributed by atoms with van der Waals surface area (Å²) in [5.41, 5.74) is 3.14. The number of nitrogens with zero attached hydrogens (tertiary/aromatic N) is 6. The van der Waals surface area contributed by atoms with Gasteiger partial charge in [0.1, 0.15) is 30.5 Å². The number of carbonyl (C=O) groups excluding carboxylic acids is 1. The molecule has 1 N–H and O–H groups in total. The van der Waals surface area contributed by atoms with Gasteiger partial charge in [-0.05, 0) is 91.5 Å². The molecular weight excluding hydrogens is 741 g/mol. The van der Waals surface area contributed by atoms with Gasteiger partial charge in [-0.25, -0.2) is 9.78 Å². The maximum absolute atomic E-state index is 13.5. The van der Waals surface area contributed by atoms with Crippen molar-refractivity contribution in [3.8, 4) is 11.1 Å². The van der Waals surface area contributed by atoms with Crippen molar-refractivity contribution in [2.75, 3.05) is 38.2 Å². The number of hydrogen-bond donors (Lipinski definition) is 1. The highest BCUT2D eigenvalue weighted by Gasteiger charge is 2.46. The van der Waals surface area contributed by atoms with Gasteiger partial charge in [0.15, 0.2) is 5.65 Å².